The van der Waals surface area contributed by atoms with Gasteiger partial charge in [0.15, 0.2) is 0 Å². The lowest BCUT2D eigenvalue weighted by molar-refractivity contribution is -0.137. The summed E-state index contributed by atoms with van der Waals surface area (Å²) < 4.78 is 37.7. The third kappa shape index (κ3) is 2.30. The maximum Gasteiger partial charge on any atom is 0.419 e. The van der Waals surface area contributed by atoms with Gasteiger partial charge in [0.2, 0.25) is 0 Å². The molecule has 1 N–H and O–H groups in total. The Morgan fingerprint density at radius 1 is 1.38 bits per heavy atom. The van der Waals surface area contributed by atoms with Crippen molar-refractivity contribution in [2.24, 2.45) is 0 Å². The third-order valence-corrected chi connectivity index (χ3v) is 2.83. The van der Waals surface area contributed by atoms with Crippen LogP contribution in [-0.2, 0) is 19.1 Å². The van der Waals surface area contributed by atoms with Crippen LogP contribution in [0.25, 0.3) is 0 Å². The van der Waals surface area contributed by atoms with Gasteiger partial charge < -0.3 is 5.32 Å². The number of aryl methyl sites for hydroxylation is 1. The zero-order chi connectivity index (χ0) is 11.8. The van der Waals surface area contributed by atoms with Crippen LogP contribution in [-0.4, -0.2) is 11.5 Å². The van der Waals surface area contributed by atoms with Gasteiger partial charge in [-0.3, -0.25) is 0 Å². The molecule has 0 aromatic carbocycles. The molecule has 0 spiro atoms. The first kappa shape index (κ1) is 11.7. The standard InChI is InChI=1S/C10H10ClF3N2/c11-9-7(10(12,13)14)4-6-2-1-3-15-5-8(6)16-9/h4,15H,1-3,5H2. The van der Waals surface area contributed by atoms with E-state index < -0.39 is 16.9 Å². The second-order valence-electron chi connectivity index (χ2n) is 3.71. The molecule has 0 fully saturated rings. The van der Waals surface area contributed by atoms with Gasteiger partial charge in [-0.05, 0) is 31.0 Å². The number of fused-ring (bicyclic) bond motifs is 1. The number of nitrogens with one attached hydrogen (secondary N) is 1. The van der Waals surface area contributed by atoms with Crippen LogP contribution in [0.2, 0.25) is 5.15 Å². The molecule has 2 heterocycles. The van der Waals surface area contributed by atoms with Crippen LogP contribution >= 0.6 is 11.6 Å². The molecule has 0 radical (unpaired) electrons. The number of pyridine rings is 1. The second kappa shape index (κ2) is 4.22. The fourth-order valence-corrected chi connectivity index (χ4v) is 2.01. The van der Waals surface area contributed by atoms with E-state index in [-0.39, 0.29) is 0 Å². The Hall–Kier alpha value is -0.810. The first-order chi connectivity index (χ1) is 7.48. The van der Waals surface area contributed by atoms with E-state index >= 15 is 0 Å². The van der Waals surface area contributed by atoms with Crippen molar-refractivity contribution in [1.82, 2.24) is 10.3 Å². The summed E-state index contributed by atoms with van der Waals surface area (Å²) in [4.78, 5) is 3.82. The molecule has 0 aliphatic carbocycles. The maximum atomic E-state index is 12.6. The van der Waals surface area contributed by atoms with Gasteiger partial charge in [-0.2, -0.15) is 13.2 Å². The van der Waals surface area contributed by atoms with Gasteiger partial charge in [-0.15, -0.1) is 0 Å². The Balaban J connectivity index is 2.47. The minimum atomic E-state index is -4.43. The fourth-order valence-electron chi connectivity index (χ4n) is 1.75. The van der Waals surface area contributed by atoms with Gasteiger partial charge in [0.1, 0.15) is 5.15 Å². The number of halogens is 4. The summed E-state index contributed by atoms with van der Waals surface area (Å²) in [6, 6.07) is 1.12. The number of hydrogen-bond donors (Lipinski definition) is 1. The van der Waals surface area contributed by atoms with Gasteiger partial charge in [0, 0.05) is 6.54 Å². The lowest BCUT2D eigenvalue weighted by Gasteiger charge is -2.12. The van der Waals surface area contributed by atoms with Crippen LogP contribution in [0, 0.1) is 0 Å². The second-order valence-corrected chi connectivity index (χ2v) is 4.07. The first-order valence-electron chi connectivity index (χ1n) is 4.94. The van der Waals surface area contributed by atoms with Crippen molar-refractivity contribution in [2.45, 2.75) is 25.6 Å². The lowest BCUT2D eigenvalue weighted by Crippen LogP contribution is -2.14. The minimum absolute atomic E-state index is 0.463. The van der Waals surface area contributed by atoms with Crippen molar-refractivity contribution in [2.75, 3.05) is 6.54 Å². The van der Waals surface area contributed by atoms with E-state index in [1.165, 1.54) is 0 Å². The van der Waals surface area contributed by atoms with E-state index in [4.69, 9.17) is 11.6 Å². The average Bonchev–Trinajstić information content (AvgIpc) is 2.39. The summed E-state index contributed by atoms with van der Waals surface area (Å²) >= 11 is 5.54. The summed E-state index contributed by atoms with van der Waals surface area (Å²) in [5, 5.41) is 2.62. The average molecular weight is 251 g/mol. The van der Waals surface area contributed by atoms with E-state index in [2.05, 4.69) is 10.3 Å². The summed E-state index contributed by atoms with van der Waals surface area (Å²) in [6.45, 7) is 1.27. The highest BCUT2D eigenvalue weighted by molar-refractivity contribution is 6.30. The smallest absolute Gasteiger partial charge is 0.311 e. The van der Waals surface area contributed by atoms with Gasteiger partial charge in [-0.25, -0.2) is 4.98 Å². The Kier molecular flexibility index (Phi) is 3.08. The quantitative estimate of drug-likeness (QED) is 0.716. The zero-order valence-corrected chi connectivity index (χ0v) is 9.12. The van der Waals surface area contributed by atoms with Crippen molar-refractivity contribution in [3.63, 3.8) is 0 Å². The molecule has 16 heavy (non-hydrogen) atoms. The van der Waals surface area contributed by atoms with Crippen LogP contribution < -0.4 is 5.32 Å². The molecule has 0 amide bonds. The molecule has 1 aliphatic rings. The number of alkyl halides is 3. The maximum absolute atomic E-state index is 12.6. The Morgan fingerprint density at radius 3 is 2.81 bits per heavy atom. The van der Waals surface area contributed by atoms with E-state index in [9.17, 15) is 13.2 Å². The molecule has 2 nitrogen and oxygen atoms in total. The summed E-state index contributed by atoms with van der Waals surface area (Å²) in [6.07, 6.45) is -3.01. The minimum Gasteiger partial charge on any atom is -0.311 e. The Bertz CT molecular complexity index is 404. The molecule has 0 atom stereocenters. The van der Waals surface area contributed by atoms with Crippen molar-refractivity contribution in [3.05, 3.63) is 28.0 Å². The monoisotopic (exact) mass is 250 g/mol. The van der Waals surface area contributed by atoms with E-state index in [1.807, 2.05) is 0 Å². The highest BCUT2D eigenvalue weighted by Gasteiger charge is 2.35. The van der Waals surface area contributed by atoms with Crippen molar-refractivity contribution in [3.8, 4) is 0 Å². The predicted octanol–water partition coefficient (Wildman–Crippen LogP) is 2.79. The van der Waals surface area contributed by atoms with Gasteiger partial charge in [-0.1, -0.05) is 11.6 Å². The van der Waals surface area contributed by atoms with Gasteiger partial charge >= 0.3 is 6.18 Å². The molecule has 0 unspecified atom stereocenters. The predicted molar refractivity (Wildman–Crippen MR) is 54.3 cm³/mol. The molecular weight excluding hydrogens is 241 g/mol. The summed E-state index contributed by atoms with van der Waals surface area (Å²) in [5.41, 5.74) is 0.423. The van der Waals surface area contributed by atoms with E-state index in [0.29, 0.717) is 24.2 Å². The molecule has 0 saturated heterocycles. The zero-order valence-electron chi connectivity index (χ0n) is 8.36. The molecule has 0 saturated carbocycles. The number of nitrogens with zero attached hydrogens (tertiary/aromatic N) is 1. The number of rotatable bonds is 0. The van der Waals surface area contributed by atoms with E-state index in [0.717, 1.165) is 19.0 Å². The normalized spacial score (nSPS) is 16.8. The van der Waals surface area contributed by atoms with Crippen LogP contribution in [0.1, 0.15) is 23.2 Å². The van der Waals surface area contributed by atoms with Crippen molar-refractivity contribution < 1.29 is 13.2 Å². The molecule has 6 heteroatoms. The van der Waals surface area contributed by atoms with Crippen LogP contribution in [0.15, 0.2) is 6.07 Å². The molecular formula is C10H10ClF3N2. The SMILES string of the molecule is FC(F)(F)c1cc2c(nc1Cl)CNCCC2. The Morgan fingerprint density at radius 2 is 2.12 bits per heavy atom. The molecule has 1 aliphatic heterocycles. The summed E-state index contributed by atoms with van der Waals surface area (Å²) in [7, 11) is 0. The Labute approximate surface area is 95.8 Å². The number of hydrogen-bond acceptors (Lipinski definition) is 2. The van der Waals surface area contributed by atoms with Crippen LogP contribution in [0.4, 0.5) is 13.2 Å². The highest BCUT2D eigenvalue weighted by Crippen LogP contribution is 2.35. The molecule has 1 aromatic heterocycles. The van der Waals surface area contributed by atoms with Crippen LogP contribution in [0.3, 0.4) is 0 Å². The topological polar surface area (TPSA) is 24.9 Å². The highest BCUT2D eigenvalue weighted by atomic mass is 35.5. The molecule has 0 bridgehead atoms. The molecule has 2 rings (SSSR count). The fraction of sp³-hybridized carbons (Fsp3) is 0.500. The summed E-state index contributed by atoms with van der Waals surface area (Å²) in [5.74, 6) is 0. The van der Waals surface area contributed by atoms with Crippen molar-refractivity contribution in [1.29, 1.82) is 0 Å². The molecule has 88 valence electrons. The number of aromatic nitrogens is 1. The van der Waals surface area contributed by atoms with Gasteiger partial charge in [0.05, 0.1) is 11.3 Å². The van der Waals surface area contributed by atoms with Gasteiger partial charge in [0.25, 0.3) is 0 Å². The first-order valence-corrected chi connectivity index (χ1v) is 5.32. The largest absolute Gasteiger partial charge is 0.419 e. The third-order valence-electron chi connectivity index (χ3n) is 2.54. The van der Waals surface area contributed by atoms with Crippen LogP contribution in [0.5, 0.6) is 0 Å². The van der Waals surface area contributed by atoms with Crippen molar-refractivity contribution >= 4 is 11.6 Å². The lowest BCUT2D eigenvalue weighted by atomic mass is 10.1. The molecule has 1 aromatic rings. The van der Waals surface area contributed by atoms with E-state index in [1.54, 1.807) is 0 Å².